The summed E-state index contributed by atoms with van der Waals surface area (Å²) in [5.74, 6) is 1.72. The van der Waals surface area contributed by atoms with E-state index < -0.39 is 0 Å². The van der Waals surface area contributed by atoms with E-state index in [2.05, 4.69) is 41.9 Å². The second kappa shape index (κ2) is 6.95. The quantitative estimate of drug-likeness (QED) is 0.702. The predicted molar refractivity (Wildman–Crippen MR) is 73.5 cm³/mol. The normalized spacial score (nSPS) is 14.5. The molecule has 0 bridgehead atoms. The highest BCUT2D eigenvalue weighted by molar-refractivity contribution is 9.09. The Labute approximate surface area is 107 Å². The van der Waals surface area contributed by atoms with Gasteiger partial charge in [-0.05, 0) is 36.5 Å². The number of alkyl halides is 1. The van der Waals surface area contributed by atoms with Crippen LogP contribution in [-0.4, -0.2) is 11.9 Å². The molecule has 1 nitrogen and oxygen atoms in total. The maximum absolute atomic E-state index is 5.14. The van der Waals surface area contributed by atoms with E-state index in [1.54, 1.807) is 7.11 Å². The van der Waals surface area contributed by atoms with Gasteiger partial charge in [-0.15, -0.1) is 0 Å². The van der Waals surface area contributed by atoms with Gasteiger partial charge in [0.25, 0.3) is 0 Å². The van der Waals surface area contributed by atoms with Gasteiger partial charge in [-0.3, -0.25) is 0 Å². The molecule has 2 atom stereocenters. The molecule has 0 aliphatic carbocycles. The monoisotopic (exact) mass is 284 g/mol. The average molecular weight is 285 g/mol. The van der Waals surface area contributed by atoms with Crippen LogP contribution in [0.15, 0.2) is 24.3 Å². The Bertz CT molecular complexity index is 294. The van der Waals surface area contributed by atoms with Gasteiger partial charge in [0.1, 0.15) is 5.75 Å². The summed E-state index contributed by atoms with van der Waals surface area (Å²) in [6, 6.07) is 8.34. The van der Waals surface area contributed by atoms with Crippen molar-refractivity contribution in [2.24, 2.45) is 5.92 Å². The molecule has 0 aliphatic rings. The summed E-state index contributed by atoms with van der Waals surface area (Å²) in [6.07, 6.45) is 3.58. The van der Waals surface area contributed by atoms with Gasteiger partial charge in [0.2, 0.25) is 0 Å². The number of ether oxygens (including phenoxy) is 1. The number of methoxy groups -OCH3 is 1. The summed E-state index contributed by atoms with van der Waals surface area (Å²) in [5.41, 5.74) is 1.37. The molecule has 0 spiro atoms. The highest BCUT2D eigenvalue weighted by Gasteiger charge is 2.09. The molecular weight excluding hydrogens is 264 g/mol. The molecule has 1 aromatic rings. The maximum atomic E-state index is 5.14. The van der Waals surface area contributed by atoms with Gasteiger partial charge >= 0.3 is 0 Å². The van der Waals surface area contributed by atoms with Crippen LogP contribution >= 0.6 is 15.9 Å². The van der Waals surface area contributed by atoms with Crippen molar-refractivity contribution in [3.63, 3.8) is 0 Å². The van der Waals surface area contributed by atoms with Crippen LogP contribution < -0.4 is 4.74 Å². The zero-order chi connectivity index (χ0) is 12.0. The molecule has 1 aromatic carbocycles. The van der Waals surface area contributed by atoms with Crippen molar-refractivity contribution in [2.75, 3.05) is 7.11 Å². The Hall–Kier alpha value is -0.500. The lowest BCUT2D eigenvalue weighted by atomic mass is 9.99. The molecule has 0 aliphatic heterocycles. The molecule has 2 unspecified atom stereocenters. The predicted octanol–water partition coefficient (Wildman–Crippen LogP) is 4.44. The summed E-state index contributed by atoms with van der Waals surface area (Å²) in [6.45, 7) is 4.56. The van der Waals surface area contributed by atoms with Gasteiger partial charge in [0, 0.05) is 4.83 Å². The van der Waals surface area contributed by atoms with Crippen molar-refractivity contribution in [2.45, 2.75) is 37.9 Å². The highest BCUT2D eigenvalue weighted by atomic mass is 79.9. The smallest absolute Gasteiger partial charge is 0.118 e. The SMILES string of the molecule is CCC(C)CC(Br)Cc1ccc(OC)cc1. The van der Waals surface area contributed by atoms with E-state index in [0.29, 0.717) is 4.83 Å². The summed E-state index contributed by atoms with van der Waals surface area (Å²) < 4.78 is 5.14. The lowest BCUT2D eigenvalue weighted by Crippen LogP contribution is -2.07. The zero-order valence-electron chi connectivity index (χ0n) is 10.4. The topological polar surface area (TPSA) is 9.23 Å². The fraction of sp³-hybridized carbons (Fsp3) is 0.571. The van der Waals surface area contributed by atoms with Crippen molar-refractivity contribution in [1.29, 1.82) is 0 Å². The lowest BCUT2D eigenvalue weighted by molar-refractivity contribution is 0.414. The van der Waals surface area contributed by atoms with Crippen LogP contribution in [0.5, 0.6) is 5.75 Å². The third kappa shape index (κ3) is 4.56. The van der Waals surface area contributed by atoms with E-state index in [4.69, 9.17) is 4.74 Å². The van der Waals surface area contributed by atoms with Gasteiger partial charge in [-0.2, -0.15) is 0 Å². The van der Waals surface area contributed by atoms with Crippen molar-refractivity contribution in [3.05, 3.63) is 29.8 Å². The van der Waals surface area contributed by atoms with E-state index in [0.717, 1.165) is 18.1 Å². The first-order chi connectivity index (χ1) is 7.65. The van der Waals surface area contributed by atoms with Crippen LogP contribution in [0.1, 0.15) is 32.3 Å². The second-order valence-electron chi connectivity index (χ2n) is 4.40. The molecule has 0 heterocycles. The number of hydrogen-bond acceptors (Lipinski definition) is 1. The van der Waals surface area contributed by atoms with Crippen molar-refractivity contribution in [3.8, 4) is 5.75 Å². The van der Waals surface area contributed by atoms with Crippen LogP contribution in [0.25, 0.3) is 0 Å². The number of benzene rings is 1. The van der Waals surface area contributed by atoms with Crippen LogP contribution in [0, 0.1) is 5.92 Å². The van der Waals surface area contributed by atoms with Crippen LogP contribution in [0.4, 0.5) is 0 Å². The molecule has 0 N–H and O–H groups in total. The zero-order valence-corrected chi connectivity index (χ0v) is 12.0. The second-order valence-corrected chi connectivity index (χ2v) is 5.69. The molecule has 2 heteroatoms. The fourth-order valence-corrected chi connectivity index (χ4v) is 2.72. The molecule has 90 valence electrons. The highest BCUT2D eigenvalue weighted by Crippen LogP contribution is 2.21. The first kappa shape index (κ1) is 13.6. The van der Waals surface area contributed by atoms with Gasteiger partial charge < -0.3 is 4.74 Å². The first-order valence-corrected chi connectivity index (χ1v) is 6.84. The molecule has 1 rings (SSSR count). The Balaban J connectivity index is 2.46. The number of hydrogen-bond donors (Lipinski definition) is 0. The third-order valence-electron chi connectivity index (χ3n) is 2.97. The number of halogens is 1. The fourth-order valence-electron chi connectivity index (χ4n) is 1.70. The van der Waals surface area contributed by atoms with Gasteiger partial charge in [-0.1, -0.05) is 48.3 Å². The van der Waals surface area contributed by atoms with Crippen molar-refractivity contribution < 1.29 is 4.74 Å². The minimum Gasteiger partial charge on any atom is -0.497 e. The standard InChI is InChI=1S/C14H21BrO/c1-4-11(2)9-13(15)10-12-5-7-14(16-3)8-6-12/h5-8,11,13H,4,9-10H2,1-3H3. The average Bonchev–Trinajstić information content (AvgIpc) is 2.29. The molecule has 0 fully saturated rings. The molecule has 16 heavy (non-hydrogen) atoms. The lowest BCUT2D eigenvalue weighted by Gasteiger charge is -2.14. The molecular formula is C14H21BrO. The molecule has 0 radical (unpaired) electrons. The Morgan fingerprint density at radius 1 is 1.25 bits per heavy atom. The van der Waals surface area contributed by atoms with E-state index in [9.17, 15) is 0 Å². The van der Waals surface area contributed by atoms with Crippen LogP contribution in [0.2, 0.25) is 0 Å². The van der Waals surface area contributed by atoms with E-state index in [-0.39, 0.29) is 0 Å². The summed E-state index contributed by atoms with van der Waals surface area (Å²) in [7, 11) is 1.70. The van der Waals surface area contributed by atoms with Crippen molar-refractivity contribution >= 4 is 15.9 Å². The maximum Gasteiger partial charge on any atom is 0.118 e. The van der Waals surface area contributed by atoms with Gasteiger partial charge in [0.15, 0.2) is 0 Å². The van der Waals surface area contributed by atoms with E-state index in [1.807, 2.05) is 12.1 Å². The minimum absolute atomic E-state index is 0.579. The Morgan fingerprint density at radius 2 is 1.88 bits per heavy atom. The molecule has 0 aromatic heterocycles. The Kier molecular flexibility index (Phi) is 5.89. The minimum atomic E-state index is 0.579. The molecule has 0 amide bonds. The summed E-state index contributed by atoms with van der Waals surface area (Å²) in [4.78, 5) is 0.579. The Morgan fingerprint density at radius 3 is 2.38 bits per heavy atom. The van der Waals surface area contributed by atoms with Crippen molar-refractivity contribution in [1.82, 2.24) is 0 Å². The van der Waals surface area contributed by atoms with Crippen LogP contribution in [0.3, 0.4) is 0 Å². The number of rotatable bonds is 6. The van der Waals surface area contributed by atoms with E-state index in [1.165, 1.54) is 18.4 Å². The first-order valence-electron chi connectivity index (χ1n) is 5.92. The summed E-state index contributed by atoms with van der Waals surface area (Å²) >= 11 is 3.76. The van der Waals surface area contributed by atoms with Gasteiger partial charge in [0.05, 0.1) is 7.11 Å². The molecule has 0 saturated heterocycles. The largest absolute Gasteiger partial charge is 0.497 e. The molecule has 0 saturated carbocycles. The third-order valence-corrected chi connectivity index (χ3v) is 3.67. The van der Waals surface area contributed by atoms with E-state index >= 15 is 0 Å². The summed E-state index contributed by atoms with van der Waals surface area (Å²) in [5, 5.41) is 0. The van der Waals surface area contributed by atoms with Crippen LogP contribution in [-0.2, 0) is 6.42 Å². The van der Waals surface area contributed by atoms with Gasteiger partial charge in [-0.25, -0.2) is 0 Å².